The van der Waals surface area contributed by atoms with Crippen molar-refractivity contribution in [2.24, 2.45) is 0 Å². The Morgan fingerprint density at radius 1 is 1.48 bits per heavy atom. The van der Waals surface area contributed by atoms with Crippen LogP contribution in [0.4, 0.5) is 5.69 Å². The second-order valence-electron chi connectivity index (χ2n) is 4.99. The van der Waals surface area contributed by atoms with Crippen molar-refractivity contribution in [1.29, 1.82) is 0 Å². The number of rotatable bonds is 9. The van der Waals surface area contributed by atoms with Crippen LogP contribution in [-0.4, -0.2) is 51.4 Å². The van der Waals surface area contributed by atoms with Gasteiger partial charge in [0.05, 0.1) is 11.5 Å². The highest BCUT2D eigenvalue weighted by molar-refractivity contribution is 5.83. The molecule has 10 heteroatoms. The van der Waals surface area contributed by atoms with Crippen LogP contribution >= 0.6 is 0 Å². The molecule has 0 aliphatic carbocycles. The van der Waals surface area contributed by atoms with E-state index in [1.807, 2.05) is 0 Å². The third-order valence-corrected chi connectivity index (χ3v) is 3.32. The van der Waals surface area contributed by atoms with Crippen molar-refractivity contribution < 1.29 is 24.4 Å². The second kappa shape index (κ2) is 8.22. The second-order valence-corrected chi connectivity index (χ2v) is 4.99. The van der Waals surface area contributed by atoms with Gasteiger partial charge in [0.1, 0.15) is 17.4 Å². The van der Waals surface area contributed by atoms with Crippen molar-refractivity contribution in [2.75, 3.05) is 13.7 Å². The minimum absolute atomic E-state index is 0.0319. The molecule has 1 heterocycles. The van der Waals surface area contributed by atoms with E-state index >= 15 is 0 Å². The number of nitrogens with one attached hydrogen (secondary N) is 1. The minimum Gasteiger partial charge on any atom is -0.480 e. The number of carbonyl (C=O) groups excluding carboxylic acids is 1. The first kappa shape index (κ1) is 18.6. The molecular formula is C13H20N4O6. The van der Waals surface area contributed by atoms with E-state index < -0.39 is 22.8 Å². The predicted molar refractivity (Wildman–Crippen MR) is 79.0 cm³/mol. The van der Waals surface area contributed by atoms with Crippen molar-refractivity contribution in [1.82, 2.24) is 15.1 Å². The van der Waals surface area contributed by atoms with Gasteiger partial charge in [-0.3, -0.25) is 19.6 Å². The molecule has 1 aromatic heterocycles. The summed E-state index contributed by atoms with van der Waals surface area (Å²) in [6, 6.07) is -1.03. The van der Waals surface area contributed by atoms with Gasteiger partial charge in [-0.15, -0.1) is 0 Å². The number of hydrogen-bond donors (Lipinski definition) is 2. The molecule has 1 unspecified atom stereocenters. The van der Waals surface area contributed by atoms with E-state index in [1.54, 1.807) is 6.92 Å². The van der Waals surface area contributed by atoms with Gasteiger partial charge in [0.15, 0.2) is 0 Å². The zero-order valence-electron chi connectivity index (χ0n) is 13.2. The summed E-state index contributed by atoms with van der Waals surface area (Å²) in [6.07, 6.45) is 0.124. The van der Waals surface area contributed by atoms with E-state index in [0.717, 1.165) is 0 Å². The molecular weight excluding hydrogens is 308 g/mol. The summed E-state index contributed by atoms with van der Waals surface area (Å²) in [5.41, 5.74) is 0.555. The maximum atomic E-state index is 11.8. The van der Waals surface area contributed by atoms with Crippen LogP contribution in [0.1, 0.15) is 24.2 Å². The van der Waals surface area contributed by atoms with Crippen molar-refractivity contribution in [2.45, 2.75) is 39.3 Å². The molecule has 2 N–H and O–H groups in total. The lowest BCUT2D eigenvalue weighted by molar-refractivity contribution is -0.386. The minimum atomic E-state index is -1.14. The highest BCUT2D eigenvalue weighted by Gasteiger charge is 2.23. The molecule has 1 aromatic rings. The first-order valence-corrected chi connectivity index (χ1v) is 6.97. The first-order valence-electron chi connectivity index (χ1n) is 6.97. The Bertz CT molecular complexity index is 598. The number of aryl methyl sites for hydroxylation is 2. The number of aliphatic carboxylic acids is 1. The van der Waals surface area contributed by atoms with Gasteiger partial charge in [-0.25, -0.2) is 4.79 Å². The highest BCUT2D eigenvalue weighted by atomic mass is 16.6. The molecule has 0 aromatic carbocycles. The molecule has 10 nitrogen and oxygen atoms in total. The van der Waals surface area contributed by atoms with Crippen LogP contribution in [-0.2, 0) is 20.9 Å². The van der Waals surface area contributed by atoms with E-state index in [1.165, 1.54) is 18.7 Å². The Kier molecular flexibility index (Phi) is 6.64. The number of carboxylic acids is 1. The molecule has 0 saturated heterocycles. The van der Waals surface area contributed by atoms with Gasteiger partial charge in [-0.05, 0) is 13.8 Å². The molecule has 128 valence electrons. The van der Waals surface area contributed by atoms with Gasteiger partial charge < -0.3 is 15.2 Å². The van der Waals surface area contributed by atoms with Gasteiger partial charge in [-0.2, -0.15) is 5.10 Å². The van der Waals surface area contributed by atoms with Crippen LogP contribution in [0.5, 0.6) is 0 Å². The van der Waals surface area contributed by atoms with E-state index in [9.17, 15) is 19.7 Å². The molecule has 1 rings (SSSR count). The van der Waals surface area contributed by atoms with Crippen LogP contribution in [0, 0.1) is 24.0 Å². The normalized spacial score (nSPS) is 12.0. The fourth-order valence-electron chi connectivity index (χ4n) is 2.14. The molecule has 0 spiro atoms. The summed E-state index contributed by atoms with van der Waals surface area (Å²) in [4.78, 5) is 33.3. The highest BCUT2D eigenvalue weighted by Crippen LogP contribution is 2.21. The SMILES string of the molecule is COCCC(NC(=O)CCn1nc(C)c([N+](=O)[O-])c1C)C(=O)O. The number of nitrogens with zero attached hydrogens (tertiary/aromatic N) is 3. The number of carbonyl (C=O) groups is 2. The number of hydrogen-bond acceptors (Lipinski definition) is 6. The van der Waals surface area contributed by atoms with Crippen LogP contribution in [0.2, 0.25) is 0 Å². The average molecular weight is 328 g/mol. The van der Waals surface area contributed by atoms with Crippen LogP contribution in [0.25, 0.3) is 0 Å². The van der Waals surface area contributed by atoms with Crippen molar-refractivity contribution in [3.8, 4) is 0 Å². The number of aromatic nitrogens is 2. The van der Waals surface area contributed by atoms with Crippen LogP contribution in [0.3, 0.4) is 0 Å². The molecule has 0 bridgehead atoms. The topological polar surface area (TPSA) is 137 Å². The molecule has 0 radical (unpaired) electrons. The maximum Gasteiger partial charge on any atom is 0.326 e. The van der Waals surface area contributed by atoms with Gasteiger partial charge in [-0.1, -0.05) is 0 Å². The van der Waals surface area contributed by atoms with E-state index in [-0.39, 0.29) is 37.4 Å². The lowest BCUT2D eigenvalue weighted by Gasteiger charge is -2.14. The summed E-state index contributed by atoms with van der Waals surface area (Å²) in [5, 5.41) is 26.3. The summed E-state index contributed by atoms with van der Waals surface area (Å²) in [6.45, 7) is 3.41. The first-order chi connectivity index (χ1) is 10.8. The Morgan fingerprint density at radius 2 is 2.13 bits per heavy atom. The third-order valence-electron chi connectivity index (χ3n) is 3.32. The maximum absolute atomic E-state index is 11.8. The van der Waals surface area contributed by atoms with Crippen LogP contribution in [0.15, 0.2) is 0 Å². The van der Waals surface area contributed by atoms with Crippen molar-refractivity contribution in [3.05, 3.63) is 21.5 Å². The fraction of sp³-hybridized carbons (Fsp3) is 0.615. The number of nitro groups is 1. The number of methoxy groups -OCH3 is 1. The molecule has 0 aliphatic rings. The average Bonchev–Trinajstić information content (AvgIpc) is 2.75. The van der Waals surface area contributed by atoms with Crippen molar-refractivity contribution in [3.63, 3.8) is 0 Å². The van der Waals surface area contributed by atoms with Gasteiger partial charge in [0, 0.05) is 26.6 Å². The molecule has 23 heavy (non-hydrogen) atoms. The predicted octanol–water partition coefficient (Wildman–Crippen LogP) is 0.404. The van der Waals surface area contributed by atoms with Gasteiger partial charge >= 0.3 is 11.7 Å². The number of ether oxygens (including phenoxy) is 1. The largest absolute Gasteiger partial charge is 0.480 e. The number of carboxylic acid groups (broad SMARTS) is 1. The van der Waals surface area contributed by atoms with E-state index in [0.29, 0.717) is 5.69 Å². The fourth-order valence-corrected chi connectivity index (χ4v) is 2.14. The Morgan fingerprint density at radius 3 is 2.61 bits per heavy atom. The van der Waals surface area contributed by atoms with Gasteiger partial charge in [0.25, 0.3) is 0 Å². The summed E-state index contributed by atoms with van der Waals surface area (Å²) in [5.74, 6) is -1.61. The zero-order chi connectivity index (χ0) is 17.6. The molecule has 1 amide bonds. The number of amides is 1. The molecule has 0 saturated carbocycles. The van der Waals surface area contributed by atoms with Gasteiger partial charge in [0.2, 0.25) is 5.91 Å². The smallest absolute Gasteiger partial charge is 0.326 e. The zero-order valence-corrected chi connectivity index (χ0v) is 13.2. The monoisotopic (exact) mass is 328 g/mol. The summed E-state index contributed by atoms with van der Waals surface area (Å²) in [7, 11) is 1.44. The lowest BCUT2D eigenvalue weighted by Crippen LogP contribution is -2.41. The molecule has 1 atom stereocenters. The Balaban J connectivity index is 2.64. The Hall–Kier alpha value is -2.49. The quantitative estimate of drug-likeness (QED) is 0.494. The van der Waals surface area contributed by atoms with Crippen LogP contribution < -0.4 is 5.32 Å². The molecule has 0 aliphatic heterocycles. The summed E-state index contributed by atoms with van der Waals surface area (Å²) < 4.78 is 6.17. The molecule has 0 fully saturated rings. The third kappa shape index (κ3) is 5.02. The summed E-state index contributed by atoms with van der Waals surface area (Å²) >= 11 is 0. The Labute approximate surface area is 132 Å². The standard InChI is InChI=1S/C13H20N4O6/c1-8-12(17(21)22)9(2)16(15-8)6-4-11(18)14-10(13(19)20)5-7-23-3/h10H,4-7H2,1-3H3,(H,14,18)(H,19,20). The van der Waals surface area contributed by atoms with E-state index in [2.05, 4.69) is 10.4 Å². The van der Waals surface area contributed by atoms with E-state index in [4.69, 9.17) is 9.84 Å². The lowest BCUT2D eigenvalue weighted by atomic mass is 10.2. The van der Waals surface area contributed by atoms with Crippen molar-refractivity contribution >= 4 is 17.6 Å².